The molecule has 4 heteroatoms. The van der Waals surface area contributed by atoms with E-state index in [-0.39, 0.29) is 6.04 Å². The zero-order valence-corrected chi connectivity index (χ0v) is 17.5. The molecule has 2 atom stereocenters. The van der Waals surface area contributed by atoms with Crippen LogP contribution in [0.2, 0.25) is 0 Å². The van der Waals surface area contributed by atoms with Crippen molar-refractivity contribution in [3.05, 3.63) is 70.8 Å². The lowest BCUT2D eigenvalue weighted by atomic mass is 10.0. The molecule has 27 heavy (non-hydrogen) atoms. The average Bonchev–Trinajstić information content (AvgIpc) is 2.66. The number of nitrogens with zero attached hydrogens (tertiary/aromatic N) is 2. The van der Waals surface area contributed by atoms with Gasteiger partial charge >= 0.3 is 0 Å². The molecule has 0 spiro atoms. The quantitative estimate of drug-likeness (QED) is 0.588. The molecule has 0 heterocycles. The third-order valence-corrected chi connectivity index (χ3v) is 7.28. The molecular formula is C23H30N2OS. The lowest BCUT2D eigenvalue weighted by Crippen LogP contribution is -2.42. The van der Waals surface area contributed by atoms with Gasteiger partial charge in [-0.1, -0.05) is 50.2 Å². The van der Waals surface area contributed by atoms with E-state index in [1.165, 1.54) is 5.56 Å². The normalized spacial score (nSPS) is 14.5. The lowest BCUT2D eigenvalue weighted by Gasteiger charge is -2.34. The van der Waals surface area contributed by atoms with Crippen molar-refractivity contribution in [2.45, 2.75) is 52.6 Å². The van der Waals surface area contributed by atoms with Crippen LogP contribution in [0.25, 0.3) is 0 Å². The predicted molar refractivity (Wildman–Crippen MR) is 116 cm³/mol. The first-order valence-electron chi connectivity index (χ1n) is 9.56. The van der Waals surface area contributed by atoms with Crippen molar-refractivity contribution >= 4 is 15.6 Å². The van der Waals surface area contributed by atoms with Crippen LogP contribution < -0.4 is 0 Å². The molecule has 144 valence electrons. The van der Waals surface area contributed by atoms with Crippen LogP contribution in [0, 0.1) is 18.3 Å². The molecule has 0 N–H and O–H groups in total. The monoisotopic (exact) mass is 382 g/mol. The summed E-state index contributed by atoms with van der Waals surface area (Å²) in [6.45, 7) is 6.77. The van der Waals surface area contributed by atoms with Crippen molar-refractivity contribution < 1.29 is 4.21 Å². The van der Waals surface area contributed by atoms with Crippen molar-refractivity contribution in [3.63, 3.8) is 0 Å². The summed E-state index contributed by atoms with van der Waals surface area (Å²) in [7, 11) is -2.39. The molecule has 3 nitrogen and oxygen atoms in total. The molecule has 0 aliphatic heterocycles. The van der Waals surface area contributed by atoms with E-state index >= 15 is 0 Å². The van der Waals surface area contributed by atoms with Crippen LogP contribution in [0.5, 0.6) is 0 Å². The summed E-state index contributed by atoms with van der Waals surface area (Å²) in [5, 5.41) is 9.25. The SMILES string of the molecule is C=S(=O)(CCC)N(Cc1cc(C#N)ccc1C)[C@@H](CC)Cc1ccccc1. The molecule has 1 unspecified atom stereocenters. The largest absolute Gasteiger partial charge is 0.253 e. The molecule has 0 saturated heterocycles. The minimum atomic E-state index is -2.39. The maximum absolute atomic E-state index is 13.5. The second kappa shape index (κ2) is 9.73. The van der Waals surface area contributed by atoms with E-state index in [2.05, 4.69) is 35.3 Å². The van der Waals surface area contributed by atoms with E-state index < -0.39 is 9.71 Å². The van der Waals surface area contributed by atoms with Gasteiger partial charge in [0, 0.05) is 28.0 Å². The maximum atomic E-state index is 13.5. The van der Waals surface area contributed by atoms with Gasteiger partial charge in [0.2, 0.25) is 0 Å². The first-order valence-corrected chi connectivity index (χ1v) is 11.4. The number of hydrogen-bond acceptors (Lipinski definition) is 2. The van der Waals surface area contributed by atoms with Gasteiger partial charge in [-0.3, -0.25) is 4.21 Å². The Balaban J connectivity index is 2.40. The molecule has 0 radical (unpaired) electrons. The Bertz CT molecular complexity index is 882. The van der Waals surface area contributed by atoms with E-state index in [0.29, 0.717) is 17.9 Å². The van der Waals surface area contributed by atoms with Gasteiger partial charge in [-0.25, -0.2) is 4.31 Å². The van der Waals surface area contributed by atoms with E-state index in [1.54, 1.807) is 0 Å². The molecule has 2 rings (SSSR count). The molecule has 0 amide bonds. The first kappa shape index (κ1) is 21.2. The number of hydrogen-bond donors (Lipinski definition) is 0. The summed E-state index contributed by atoms with van der Waals surface area (Å²) in [4.78, 5) is 0. The standard InChI is InChI=1S/C23H30N2OS/c1-5-14-27(4,26)25(18-22-15-21(17-24)13-12-19(22)3)23(6-2)16-20-10-8-7-9-11-20/h7-13,15,23H,4-6,14,16,18H2,1-3H3/t23-,27?/m0/s1. The number of benzene rings is 2. The first-order chi connectivity index (χ1) is 12.9. The summed E-state index contributed by atoms with van der Waals surface area (Å²) in [5.74, 6) is 4.71. The molecule has 0 bridgehead atoms. The van der Waals surface area contributed by atoms with Gasteiger partial charge in [-0.2, -0.15) is 5.26 Å². The van der Waals surface area contributed by atoms with Crippen LogP contribution in [0.3, 0.4) is 0 Å². The highest BCUT2D eigenvalue weighted by Gasteiger charge is 2.25. The van der Waals surface area contributed by atoms with Crippen LogP contribution in [0.1, 0.15) is 48.9 Å². The third-order valence-electron chi connectivity index (χ3n) is 4.95. The minimum Gasteiger partial charge on any atom is -0.253 e. The van der Waals surface area contributed by atoms with Crippen LogP contribution in [-0.4, -0.2) is 26.2 Å². The average molecular weight is 383 g/mol. The summed E-state index contributed by atoms with van der Waals surface area (Å²) >= 11 is 0. The molecule has 2 aromatic carbocycles. The summed E-state index contributed by atoms with van der Waals surface area (Å²) in [5.41, 5.74) is 4.04. The van der Waals surface area contributed by atoms with Gasteiger partial charge in [0.05, 0.1) is 11.6 Å². The molecular weight excluding hydrogens is 352 g/mol. The Morgan fingerprint density at radius 1 is 1.19 bits per heavy atom. The Labute approximate surface area is 164 Å². The van der Waals surface area contributed by atoms with Gasteiger partial charge in [0.1, 0.15) is 0 Å². The Kier molecular flexibility index (Phi) is 7.65. The molecule has 0 fully saturated rings. The van der Waals surface area contributed by atoms with Crippen molar-refractivity contribution in [2.75, 3.05) is 5.75 Å². The smallest absolute Gasteiger partial charge is 0.0991 e. The lowest BCUT2D eigenvalue weighted by molar-refractivity contribution is 0.317. The van der Waals surface area contributed by atoms with Crippen molar-refractivity contribution in [1.82, 2.24) is 4.31 Å². The van der Waals surface area contributed by atoms with Gasteiger partial charge in [-0.15, -0.1) is 0 Å². The number of rotatable bonds is 9. The fourth-order valence-electron chi connectivity index (χ4n) is 3.37. The van der Waals surface area contributed by atoms with Crippen LogP contribution >= 0.6 is 0 Å². The topological polar surface area (TPSA) is 44.1 Å². The highest BCUT2D eigenvalue weighted by atomic mass is 32.2. The highest BCUT2D eigenvalue weighted by molar-refractivity contribution is 7.98. The third kappa shape index (κ3) is 5.69. The Hall–Kier alpha value is -2.09. The second-order valence-electron chi connectivity index (χ2n) is 7.06. The fraction of sp³-hybridized carbons (Fsp3) is 0.391. The summed E-state index contributed by atoms with van der Waals surface area (Å²) in [6, 6.07) is 18.4. The Morgan fingerprint density at radius 2 is 1.89 bits per heavy atom. The van der Waals surface area contributed by atoms with Gasteiger partial charge < -0.3 is 0 Å². The van der Waals surface area contributed by atoms with E-state index in [1.807, 2.05) is 50.2 Å². The van der Waals surface area contributed by atoms with Gasteiger partial charge in [0.15, 0.2) is 0 Å². The maximum Gasteiger partial charge on any atom is 0.0991 e. The van der Waals surface area contributed by atoms with E-state index in [0.717, 1.165) is 30.4 Å². The van der Waals surface area contributed by atoms with Crippen molar-refractivity contribution in [3.8, 4) is 6.07 Å². The fourth-order valence-corrected chi connectivity index (χ4v) is 5.38. The molecule has 0 saturated carbocycles. The van der Waals surface area contributed by atoms with E-state index in [9.17, 15) is 9.47 Å². The van der Waals surface area contributed by atoms with Crippen LogP contribution in [-0.2, 0) is 22.7 Å². The zero-order chi connectivity index (χ0) is 19.9. The Morgan fingerprint density at radius 3 is 2.48 bits per heavy atom. The molecule has 0 aliphatic carbocycles. The van der Waals surface area contributed by atoms with Crippen molar-refractivity contribution in [1.29, 1.82) is 5.26 Å². The molecule has 2 aromatic rings. The van der Waals surface area contributed by atoms with Crippen LogP contribution in [0.4, 0.5) is 0 Å². The second-order valence-corrected chi connectivity index (χ2v) is 9.48. The van der Waals surface area contributed by atoms with Gasteiger partial charge in [0.25, 0.3) is 0 Å². The minimum absolute atomic E-state index is 0.133. The highest BCUT2D eigenvalue weighted by Crippen LogP contribution is 2.22. The molecule has 0 aliphatic rings. The van der Waals surface area contributed by atoms with Crippen LogP contribution in [0.15, 0.2) is 48.5 Å². The zero-order valence-electron chi connectivity index (χ0n) is 16.6. The summed E-state index contributed by atoms with van der Waals surface area (Å²) < 4.78 is 15.6. The van der Waals surface area contributed by atoms with E-state index in [4.69, 9.17) is 0 Å². The molecule has 0 aromatic heterocycles. The summed E-state index contributed by atoms with van der Waals surface area (Å²) in [6.07, 6.45) is 2.56. The predicted octanol–water partition coefficient (Wildman–Crippen LogP) is 4.73. The number of nitriles is 1. The van der Waals surface area contributed by atoms with Crippen molar-refractivity contribution in [2.24, 2.45) is 0 Å². The van der Waals surface area contributed by atoms with Gasteiger partial charge in [-0.05, 0) is 60.9 Å². The number of aryl methyl sites for hydroxylation is 1.